The minimum absolute atomic E-state index is 0.0295. The minimum Gasteiger partial charge on any atom is -0.494 e. The van der Waals surface area contributed by atoms with Crippen LogP contribution in [0.5, 0.6) is 5.75 Å². The van der Waals surface area contributed by atoms with Crippen LogP contribution in [0.2, 0.25) is 0 Å². The number of piperidine rings is 1. The molecule has 2 aliphatic rings. The summed E-state index contributed by atoms with van der Waals surface area (Å²) >= 11 is 0. The first-order valence-corrected chi connectivity index (χ1v) is 11.2. The summed E-state index contributed by atoms with van der Waals surface area (Å²) in [6.07, 6.45) is 11.4. The predicted molar refractivity (Wildman–Crippen MR) is 113 cm³/mol. The molecule has 1 aliphatic heterocycles. The van der Waals surface area contributed by atoms with E-state index in [1.54, 1.807) is 0 Å². The molecule has 1 saturated heterocycles. The number of hydrogen-bond acceptors (Lipinski definition) is 4. The number of amides is 1. The zero-order chi connectivity index (χ0) is 19.6. The van der Waals surface area contributed by atoms with Crippen molar-refractivity contribution in [2.75, 3.05) is 25.0 Å². The topological polar surface area (TPSA) is 50.8 Å². The molecule has 28 heavy (non-hydrogen) atoms. The SMILES string of the molecule is CCCCCOc1ccc(NC(=O)OC2CCCC(N3CCCCC3)C2)cc1. The van der Waals surface area contributed by atoms with E-state index < -0.39 is 0 Å². The normalized spacial score (nSPS) is 23.2. The lowest BCUT2D eigenvalue weighted by molar-refractivity contribution is 0.0391. The van der Waals surface area contributed by atoms with Gasteiger partial charge in [0.2, 0.25) is 0 Å². The Kier molecular flexibility index (Phi) is 8.46. The maximum absolute atomic E-state index is 12.3. The summed E-state index contributed by atoms with van der Waals surface area (Å²) < 4.78 is 11.4. The maximum atomic E-state index is 12.3. The van der Waals surface area contributed by atoms with E-state index in [1.165, 1.54) is 51.6 Å². The monoisotopic (exact) mass is 388 g/mol. The number of nitrogens with zero attached hydrogens (tertiary/aromatic N) is 1. The van der Waals surface area contributed by atoms with Gasteiger partial charge in [0, 0.05) is 18.2 Å². The molecule has 1 saturated carbocycles. The van der Waals surface area contributed by atoms with E-state index >= 15 is 0 Å². The number of anilines is 1. The van der Waals surface area contributed by atoms with Crippen LogP contribution in [0.1, 0.15) is 71.1 Å². The smallest absolute Gasteiger partial charge is 0.411 e. The molecule has 1 aromatic rings. The molecule has 156 valence electrons. The Morgan fingerprint density at radius 3 is 2.61 bits per heavy atom. The minimum atomic E-state index is -0.346. The van der Waals surface area contributed by atoms with Crippen molar-refractivity contribution in [3.8, 4) is 5.75 Å². The third-order valence-electron chi connectivity index (χ3n) is 5.90. The number of nitrogens with one attached hydrogen (secondary N) is 1. The van der Waals surface area contributed by atoms with Crippen LogP contribution in [-0.2, 0) is 4.74 Å². The van der Waals surface area contributed by atoms with Crippen molar-refractivity contribution < 1.29 is 14.3 Å². The second-order valence-electron chi connectivity index (χ2n) is 8.15. The van der Waals surface area contributed by atoms with Crippen LogP contribution in [-0.4, -0.2) is 42.8 Å². The van der Waals surface area contributed by atoms with Crippen LogP contribution in [0.25, 0.3) is 0 Å². The van der Waals surface area contributed by atoms with Crippen molar-refractivity contribution in [1.29, 1.82) is 0 Å². The van der Waals surface area contributed by atoms with Crippen molar-refractivity contribution in [2.45, 2.75) is 83.3 Å². The van der Waals surface area contributed by atoms with Crippen LogP contribution in [0.4, 0.5) is 10.5 Å². The predicted octanol–water partition coefficient (Wildman–Crippen LogP) is 5.60. The highest BCUT2D eigenvalue weighted by Gasteiger charge is 2.29. The van der Waals surface area contributed by atoms with Gasteiger partial charge in [0.05, 0.1) is 6.61 Å². The molecule has 0 aromatic heterocycles. The summed E-state index contributed by atoms with van der Waals surface area (Å²) in [5.41, 5.74) is 0.745. The number of rotatable bonds is 8. The molecule has 2 atom stereocenters. The summed E-state index contributed by atoms with van der Waals surface area (Å²) in [6, 6.07) is 8.11. The van der Waals surface area contributed by atoms with Crippen molar-refractivity contribution in [2.24, 2.45) is 0 Å². The van der Waals surface area contributed by atoms with Crippen LogP contribution >= 0.6 is 0 Å². The van der Waals surface area contributed by atoms with E-state index in [4.69, 9.17) is 9.47 Å². The van der Waals surface area contributed by atoms with Crippen molar-refractivity contribution >= 4 is 11.8 Å². The van der Waals surface area contributed by atoms with Gasteiger partial charge >= 0.3 is 6.09 Å². The fraction of sp³-hybridized carbons (Fsp3) is 0.696. The molecule has 1 amide bonds. The third kappa shape index (κ3) is 6.69. The number of likely N-dealkylation sites (tertiary alicyclic amines) is 1. The fourth-order valence-electron chi connectivity index (χ4n) is 4.32. The van der Waals surface area contributed by atoms with Crippen LogP contribution < -0.4 is 10.1 Å². The van der Waals surface area contributed by atoms with Gasteiger partial charge in [0.25, 0.3) is 0 Å². The molecule has 0 radical (unpaired) electrons. The number of unbranched alkanes of at least 4 members (excludes halogenated alkanes) is 2. The Bertz CT molecular complexity index is 584. The molecule has 0 bridgehead atoms. The highest BCUT2D eigenvalue weighted by atomic mass is 16.6. The summed E-state index contributed by atoms with van der Waals surface area (Å²) in [4.78, 5) is 14.9. The summed E-state index contributed by atoms with van der Waals surface area (Å²) in [7, 11) is 0. The molecule has 1 heterocycles. The Hall–Kier alpha value is -1.75. The number of hydrogen-bond donors (Lipinski definition) is 1. The Labute approximate surface area is 169 Å². The lowest BCUT2D eigenvalue weighted by atomic mass is 9.90. The van der Waals surface area contributed by atoms with Gasteiger partial charge in [-0.1, -0.05) is 26.2 Å². The summed E-state index contributed by atoms with van der Waals surface area (Å²) in [6.45, 7) is 5.33. The highest BCUT2D eigenvalue weighted by molar-refractivity contribution is 5.84. The molecule has 2 fully saturated rings. The van der Waals surface area contributed by atoms with Crippen LogP contribution in [0, 0.1) is 0 Å². The fourth-order valence-corrected chi connectivity index (χ4v) is 4.32. The van der Waals surface area contributed by atoms with Crippen molar-refractivity contribution in [1.82, 2.24) is 4.90 Å². The molecule has 5 nitrogen and oxygen atoms in total. The van der Waals surface area contributed by atoms with Crippen LogP contribution in [0.3, 0.4) is 0 Å². The Balaban J connectivity index is 1.40. The molecule has 0 spiro atoms. The first-order chi connectivity index (χ1) is 13.7. The van der Waals surface area contributed by atoms with Gasteiger partial charge in [-0.15, -0.1) is 0 Å². The zero-order valence-corrected chi connectivity index (χ0v) is 17.3. The number of carbonyl (C=O) groups is 1. The molecule has 2 unspecified atom stereocenters. The Morgan fingerprint density at radius 1 is 1.07 bits per heavy atom. The first kappa shape index (κ1) is 21.0. The molecular formula is C23H36N2O3. The van der Waals surface area contributed by atoms with E-state index in [2.05, 4.69) is 17.1 Å². The quantitative estimate of drug-likeness (QED) is 0.589. The van der Waals surface area contributed by atoms with Gasteiger partial charge in [-0.2, -0.15) is 0 Å². The maximum Gasteiger partial charge on any atom is 0.411 e. The number of carbonyl (C=O) groups excluding carboxylic acids is 1. The lowest BCUT2D eigenvalue weighted by Crippen LogP contribution is -2.44. The average Bonchev–Trinajstić information content (AvgIpc) is 2.73. The number of benzene rings is 1. The molecule has 3 rings (SSSR count). The highest BCUT2D eigenvalue weighted by Crippen LogP contribution is 2.27. The molecule has 1 N–H and O–H groups in total. The second-order valence-corrected chi connectivity index (χ2v) is 8.15. The molecule has 5 heteroatoms. The average molecular weight is 389 g/mol. The first-order valence-electron chi connectivity index (χ1n) is 11.2. The number of ether oxygens (including phenoxy) is 2. The summed E-state index contributed by atoms with van der Waals surface area (Å²) in [5, 5.41) is 2.86. The van der Waals surface area contributed by atoms with E-state index in [9.17, 15) is 4.79 Å². The largest absolute Gasteiger partial charge is 0.494 e. The third-order valence-corrected chi connectivity index (χ3v) is 5.90. The van der Waals surface area contributed by atoms with E-state index in [0.717, 1.165) is 43.7 Å². The zero-order valence-electron chi connectivity index (χ0n) is 17.3. The second kappa shape index (κ2) is 11.3. The molecule has 1 aromatic carbocycles. The molecular weight excluding hydrogens is 352 g/mol. The van der Waals surface area contributed by atoms with Crippen LogP contribution in [0.15, 0.2) is 24.3 Å². The van der Waals surface area contributed by atoms with Gasteiger partial charge in [-0.3, -0.25) is 5.32 Å². The van der Waals surface area contributed by atoms with Gasteiger partial charge in [0.15, 0.2) is 0 Å². The standard InChI is InChI=1S/C23H36N2O3/c1-2-3-7-17-27-21-13-11-19(12-14-21)24-23(26)28-22-10-8-9-20(18-22)25-15-5-4-6-16-25/h11-14,20,22H,2-10,15-18H2,1H3,(H,24,26). The van der Waals surface area contributed by atoms with Gasteiger partial charge in [-0.05, 0) is 75.9 Å². The van der Waals surface area contributed by atoms with Crippen molar-refractivity contribution in [3.63, 3.8) is 0 Å². The Morgan fingerprint density at radius 2 is 1.86 bits per heavy atom. The lowest BCUT2D eigenvalue weighted by Gasteiger charge is -2.39. The van der Waals surface area contributed by atoms with E-state index in [1.807, 2.05) is 24.3 Å². The van der Waals surface area contributed by atoms with Crippen molar-refractivity contribution in [3.05, 3.63) is 24.3 Å². The summed E-state index contributed by atoms with van der Waals surface area (Å²) in [5.74, 6) is 0.840. The van der Waals surface area contributed by atoms with E-state index in [-0.39, 0.29) is 12.2 Å². The van der Waals surface area contributed by atoms with E-state index in [0.29, 0.717) is 6.04 Å². The van der Waals surface area contributed by atoms with Gasteiger partial charge in [-0.25, -0.2) is 4.79 Å². The van der Waals surface area contributed by atoms with Gasteiger partial charge < -0.3 is 14.4 Å². The van der Waals surface area contributed by atoms with Gasteiger partial charge in [0.1, 0.15) is 11.9 Å². The molecule has 1 aliphatic carbocycles.